The molecular weight excluding hydrogens is 272 g/mol. The number of nitrogens with two attached hydrogens (primary N) is 1. The summed E-state index contributed by atoms with van der Waals surface area (Å²) in [5.74, 6) is -0.472. The highest BCUT2D eigenvalue weighted by atomic mass is 16.6. The van der Waals surface area contributed by atoms with E-state index in [4.69, 9.17) is 10.5 Å². The highest BCUT2D eigenvalue weighted by Gasteiger charge is 2.17. The summed E-state index contributed by atoms with van der Waals surface area (Å²) in [7, 11) is 1.29. The Morgan fingerprint density at radius 1 is 1.33 bits per heavy atom. The van der Waals surface area contributed by atoms with Gasteiger partial charge in [0.25, 0.3) is 0 Å². The zero-order chi connectivity index (χ0) is 16.0. The molecule has 6 heteroatoms. The summed E-state index contributed by atoms with van der Waals surface area (Å²) in [6.45, 7) is 5.37. The highest BCUT2D eigenvalue weighted by Crippen LogP contribution is 2.14. The largest absolute Gasteiger partial charge is 0.468 e. The monoisotopic (exact) mass is 294 g/mol. The first-order valence-electron chi connectivity index (χ1n) is 6.63. The minimum Gasteiger partial charge on any atom is -0.468 e. The van der Waals surface area contributed by atoms with Crippen LogP contribution in [0, 0.1) is 0 Å². The molecule has 0 fully saturated rings. The second-order valence-electron chi connectivity index (χ2n) is 5.66. The zero-order valence-corrected chi connectivity index (χ0v) is 12.8. The van der Waals surface area contributed by atoms with Crippen molar-refractivity contribution in [2.75, 3.05) is 12.4 Å². The van der Waals surface area contributed by atoms with E-state index < -0.39 is 23.7 Å². The lowest BCUT2D eigenvalue weighted by Crippen LogP contribution is -2.33. The molecule has 0 aromatic heterocycles. The number of methoxy groups -OCH3 is 1. The van der Waals surface area contributed by atoms with E-state index in [9.17, 15) is 9.59 Å². The van der Waals surface area contributed by atoms with Gasteiger partial charge in [0.1, 0.15) is 11.6 Å². The Kier molecular flexibility index (Phi) is 5.72. The van der Waals surface area contributed by atoms with Crippen molar-refractivity contribution in [3.8, 4) is 0 Å². The van der Waals surface area contributed by atoms with E-state index in [-0.39, 0.29) is 0 Å². The molecule has 21 heavy (non-hydrogen) atoms. The summed E-state index contributed by atoms with van der Waals surface area (Å²) in [5, 5.41) is 2.64. The molecule has 1 atom stereocenters. The molecule has 0 aliphatic heterocycles. The number of hydrogen-bond donors (Lipinski definition) is 2. The Balaban J connectivity index is 2.68. The van der Waals surface area contributed by atoms with Gasteiger partial charge < -0.3 is 15.2 Å². The Hall–Kier alpha value is -2.08. The average molecular weight is 294 g/mol. The lowest BCUT2D eigenvalue weighted by molar-refractivity contribution is -0.142. The third-order valence-corrected chi connectivity index (χ3v) is 2.53. The molecule has 0 spiro atoms. The molecular formula is C15H22N2O4. The Bertz CT molecular complexity index is 509. The third kappa shape index (κ3) is 6.27. The normalized spacial score (nSPS) is 12.4. The van der Waals surface area contributed by atoms with Crippen molar-refractivity contribution >= 4 is 17.7 Å². The molecule has 0 aliphatic rings. The van der Waals surface area contributed by atoms with Crippen LogP contribution in [0.2, 0.25) is 0 Å². The minimum atomic E-state index is -0.730. The molecule has 3 N–H and O–H groups in total. The van der Waals surface area contributed by atoms with Crippen LogP contribution in [0.3, 0.4) is 0 Å². The van der Waals surface area contributed by atoms with E-state index in [1.54, 1.807) is 39.0 Å². The maximum Gasteiger partial charge on any atom is 0.412 e. The van der Waals surface area contributed by atoms with Crippen molar-refractivity contribution in [1.82, 2.24) is 0 Å². The first-order chi connectivity index (χ1) is 9.71. The van der Waals surface area contributed by atoms with Gasteiger partial charge in [0.15, 0.2) is 0 Å². The second kappa shape index (κ2) is 7.08. The second-order valence-corrected chi connectivity index (χ2v) is 5.66. The Morgan fingerprint density at radius 2 is 2.00 bits per heavy atom. The SMILES string of the molecule is COC(=O)C(N)Cc1cccc(NC(=O)OC(C)(C)C)c1. The predicted octanol–water partition coefficient (Wildman–Crippen LogP) is 2.08. The summed E-state index contributed by atoms with van der Waals surface area (Å²) in [5.41, 5.74) is 6.55. The van der Waals surface area contributed by atoms with Crippen LogP contribution < -0.4 is 11.1 Å². The van der Waals surface area contributed by atoms with Gasteiger partial charge in [-0.05, 0) is 44.9 Å². The van der Waals surface area contributed by atoms with Crippen LogP contribution in [0.15, 0.2) is 24.3 Å². The molecule has 0 saturated carbocycles. The average Bonchev–Trinajstić information content (AvgIpc) is 2.35. The molecule has 0 aliphatic carbocycles. The molecule has 1 aromatic carbocycles. The van der Waals surface area contributed by atoms with Gasteiger partial charge in [-0.25, -0.2) is 4.79 Å². The zero-order valence-electron chi connectivity index (χ0n) is 12.8. The van der Waals surface area contributed by atoms with Gasteiger partial charge in [-0.1, -0.05) is 12.1 Å². The standard InChI is InChI=1S/C15H22N2O4/c1-15(2,3)21-14(19)17-11-7-5-6-10(8-11)9-12(16)13(18)20-4/h5-8,12H,9,16H2,1-4H3,(H,17,19). The first-order valence-corrected chi connectivity index (χ1v) is 6.63. The Morgan fingerprint density at radius 3 is 2.57 bits per heavy atom. The molecule has 1 amide bonds. The molecule has 1 unspecified atom stereocenters. The fourth-order valence-corrected chi connectivity index (χ4v) is 1.69. The highest BCUT2D eigenvalue weighted by molar-refractivity contribution is 5.85. The van der Waals surface area contributed by atoms with Crippen molar-refractivity contribution in [2.24, 2.45) is 5.73 Å². The van der Waals surface area contributed by atoms with Crippen molar-refractivity contribution in [3.05, 3.63) is 29.8 Å². The van der Waals surface area contributed by atoms with Gasteiger partial charge in [-0.3, -0.25) is 10.1 Å². The van der Waals surface area contributed by atoms with Crippen molar-refractivity contribution < 1.29 is 19.1 Å². The van der Waals surface area contributed by atoms with E-state index in [2.05, 4.69) is 10.1 Å². The van der Waals surface area contributed by atoms with Crippen LogP contribution in [-0.4, -0.2) is 30.8 Å². The van der Waals surface area contributed by atoms with Crippen molar-refractivity contribution in [1.29, 1.82) is 0 Å². The van der Waals surface area contributed by atoms with E-state index in [1.165, 1.54) is 7.11 Å². The summed E-state index contributed by atoms with van der Waals surface area (Å²) >= 11 is 0. The van der Waals surface area contributed by atoms with Gasteiger partial charge in [0, 0.05) is 5.69 Å². The van der Waals surface area contributed by atoms with Crippen LogP contribution in [-0.2, 0) is 20.7 Å². The van der Waals surface area contributed by atoms with Crippen molar-refractivity contribution in [3.63, 3.8) is 0 Å². The van der Waals surface area contributed by atoms with Crippen LogP contribution in [0.25, 0.3) is 0 Å². The summed E-state index contributed by atoms with van der Waals surface area (Å²) < 4.78 is 9.75. The topological polar surface area (TPSA) is 90.6 Å². The number of amides is 1. The van der Waals surface area contributed by atoms with E-state index in [0.717, 1.165) is 5.56 Å². The summed E-state index contributed by atoms with van der Waals surface area (Å²) in [6.07, 6.45) is -0.201. The van der Waals surface area contributed by atoms with Crippen molar-refractivity contribution in [2.45, 2.75) is 38.8 Å². The fraction of sp³-hybridized carbons (Fsp3) is 0.467. The molecule has 1 rings (SSSR count). The van der Waals surface area contributed by atoms with Crippen LogP contribution in [0.5, 0.6) is 0 Å². The minimum absolute atomic E-state index is 0.330. The molecule has 1 aromatic rings. The lowest BCUT2D eigenvalue weighted by Gasteiger charge is -2.19. The third-order valence-electron chi connectivity index (χ3n) is 2.53. The molecule has 0 saturated heterocycles. The number of rotatable bonds is 4. The van der Waals surface area contributed by atoms with Gasteiger partial charge in [-0.2, -0.15) is 0 Å². The first kappa shape index (κ1) is 17.0. The summed E-state index contributed by atoms with van der Waals surface area (Å²) in [6, 6.07) is 6.34. The van der Waals surface area contributed by atoms with Gasteiger partial charge >= 0.3 is 12.1 Å². The quantitative estimate of drug-likeness (QED) is 0.830. The Labute approximate surface area is 124 Å². The lowest BCUT2D eigenvalue weighted by atomic mass is 10.1. The number of carbonyl (C=O) groups is 2. The number of ether oxygens (including phenoxy) is 2. The molecule has 0 bridgehead atoms. The van der Waals surface area contributed by atoms with Gasteiger partial charge in [0.2, 0.25) is 0 Å². The maximum absolute atomic E-state index is 11.7. The predicted molar refractivity (Wildman–Crippen MR) is 80.0 cm³/mol. The van der Waals surface area contributed by atoms with Gasteiger partial charge in [0.05, 0.1) is 7.11 Å². The smallest absolute Gasteiger partial charge is 0.412 e. The number of anilines is 1. The molecule has 0 heterocycles. The molecule has 6 nitrogen and oxygen atoms in total. The van der Waals surface area contributed by atoms with Crippen LogP contribution in [0.4, 0.5) is 10.5 Å². The molecule has 0 radical (unpaired) electrons. The number of esters is 1. The maximum atomic E-state index is 11.7. The molecule has 116 valence electrons. The van der Waals surface area contributed by atoms with E-state index >= 15 is 0 Å². The van der Waals surface area contributed by atoms with Crippen LogP contribution in [0.1, 0.15) is 26.3 Å². The fourth-order valence-electron chi connectivity index (χ4n) is 1.69. The number of nitrogens with one attached hydrogen (secondary N) is 1. The van der Waals surface area contributed by atoms with E-state index in [0.29, 0.717) is 12.1 Å². The summed E-state index contributed by atoms with van der Waals surface area (Å²) in [4.78, 5) is 23.0. The number of hydrogen-bond acceptors (Lipinski definition) is 5. The number of carbonyl (C=O) groups excluding carboxylic acids is 2. The number of benzene rings is 1. The van der Waals surface area contributed by atoms with Crippen LogP contribution >= 0.6 is 0 Å². The van der Waals surface area contributed by atoms with E-state index in [1.807, 2.05) is 6.07 Å². The van der Waals surface area contributed by atoms with Gasteiger partial charge in [-0.15, -0.1) is 0 Å².